The van der Waals surface area contributed by atoms with Crippen LogP contribution in [0.3, 0.4) is 0 Å². The summed E-state index contributed by atoms with van der Waals surface area (Å²) in [6.45, 7) is 2.20. The SMILES string of the molecule is CC1CC(Nc2ccc(O)c(F)c2)C1. The zero-order chi connectivity index (χ0) is 10.1. The third-order valence-electron chi connectivity index (χ3n) is 2.69. The van der Waals surface area contributed by atoms with Crippen molar-refractivity contribution >= 4 is 5.69 Å². The van der Waals surface area contributed by atoms with Gasteiger partial charge in [-0.3, -0.25) is 0 Å². The molecule has 1 aliphatic rings. The number of nitrogens with one attached hydrogen (secondary N) is 1. The van der Waals surface area contributed by atoms with E-state index < -0.39 is 5.82 Å². The highest BCUT2D eigenvalue weighted by molar-refractivity contribution is 5.47. The summed E-state index contributed by atoms with van der Waals surface area (Å²) in [4.78, 5) is 0. The van der Waals surface area contributed by atoms with Crippen LogP contribution in [0.25, 0.3) is 0 Å². The van der Waals surface area contributed by atoms with Crippen molar-refractivity contribution in [1.82, 2.24) is 0 Å². The lowest BCUT2D eigenvalue weighted by Crippen LogP contribution is -2.33. The average Bonchev–Trinajstić information content (AvgIpc) is 2.09. The Morgan fingerprint density at radius 3 is 2.71 bits per heavy atom. The van der Waals surface area contributed by atoms with Gasteiger partial charge >= 0.3 is 0 Å². The average molecular weight is 195 g/mol. The molecule has 76 valence electrons. The van der Waals surface area contributed by atoms with Gasteiger partial charge in [-0.2, -0.15) is 0 Å². The van der Waals surface area contributed by atoms with Crippen molar-refractivity contribution in [3.05, 3.63) is 24.0 Å². The molecule has 0 amide bonds. The van der Waals surface area contributed by atoms with E-state index in [1.165, 1.54) is 12.1 Å². The summed E-state index contributed by atoms with van der Waals surface area (Å²) in [5, 5.41) is 12.2. The van der Waals surface area contributed by atoms with Crippen LogP contribution in [0.15, 0.2) is 18.2 Å². The van der Waals surface area contributed by atoms with Crippen LogP contribution < -0.4 is 5.32 Å². The molecule has 1 saturated carbocycles. The summed E-state index contributed by atoms with van der Waals surface area (Å²) in [5.41, 5.74) is 0.747. The van der Waals surface area contributed by atoms with Crippen molar-refractivity contribution in [3.63, 3.8) is 0 Å². The molecule has 1 aromatic carbocycles. The van der Waals surface area contributed by atoms with Crippen molar-refractivity contribution in [3.8, 4) is 5.75 Å². The van der Waals surface area contributed by atoms with Gasteiger partial charge in [-0.15, -0.1) is 0 Å². The molecule has 0 saturated heterocycles. The van der Waals surface area contributed by atoms with Crippen LogP contribution in [-0.2, 0) is 0 Å². The maximum absolute atomic E-state index is 12.9. The Labute approximate surface area is 82.8 Å². The van der Waals surface area contributed by atoms with Gasteiger partial charge in [0.15, 0.2) is 11.6 Å². The molecule has 0 heterocycles. The van der Waals surface area contributed by atoms with Crippen LogP contribution in [0.5, 0.6) is 5.75 Å². The van der Waals surface area contributed by atoms with Crippen LogP contribution in [0.2, 0.25) is 0 Å². The molecule has 2 nitrogen and oxygen atoms in total. The lowest BCUT2D eigenvalue weighted by Gasteiger charge is -2.34. The topological polar surface area (TPSA) is 32.3 Å². The second kappa shape index (κ2) is 3.48. The van der Waals surface area contributed by atoms with E-state index in [0.717, 1.165) is 24.4 Å². The third-order valence-corrected chi connectivity index (χ3v) is 2.69. The smallest absolute Gasteiger partial charge is 0.166 e. The zero-order valence-corrected chi connectivity index (χ0v) is 8.13. The number of rotatable bonds is 2. The van der Waals surface area contributed by atoms with Gasteiger partial charge in [0.25, 0.3) is 0 Å². The first kappa shape index (κ1) is 9.31. The van der Waals surface area contributed by atoms with Gasteiger partial charge in [-0.05, 0) is 30.9 Å². The molecule has 1 fully saturated rings. The standard InChI is InChI=1S/C11H14FNO/c1-7-4-9(5-7)13-8-2-3-11(14)10(12)6-8/h2-3,6-7,9,13-14H,4-5H2,1H3. The highest BCUT2D eigenvalue weighted by Gasteiger charge is 2.24. The van der Waals surface area contributed by atoms with E-state index in [4.69, 9.17) is 5.11 Å². The highest BCUT2D eigenvalue weighted by Crippen LogP contribution is 2.30. The maximum atomic E-state index is 12.9. The van der Waals surface area contributed by atoms with Crippen molar-refractivity contribution in [2.24, 2.45) is 5.92 Å². The quantitative estimate of drug-likeness (QED) is 0.711. The Morgan fingerprint density at radius 1 is 1.43 bits per heavy atom. The van der Waals surface area contributed by atoms with E-state index in [2.05, 4.69) is 12.2 Å². The van der Waals surface area contributed by atoms with Crippen molar-refractivity contribution in [2.75, 3.05) is 5.32 Å². The van der Waals surface area contributed by atoms with Gasteiger partial charge in [-0.25, -0.2) is 4.39 Å². The van der Waals surface area contributed by atoms with E-state index in [-0.39, 0.29) is 5.75 Å². The highest BCUT2D eigenvalue weighted by atomic mass is 19.1. The monoisotopic (exact) mass is 195 g/mol. The number of phenols is 1. The van der Waals surface area contributed by atoms with Gasteiger partial charge in [0.2, 0.25) is 0 Å². The molecule has 2 rings (SSSR count). The van der Waals surface area contributed by atoms with Gasteiger partial charge in [0.05, 0.1) is 0 Å². The summed E-state index contributed by atoms with van der Waals surface area (Å²) in [5.74, 6) is -0.0886. The summed E-state index contributed by atoms with van der Waals surface area (Å²) < 4.78 is 12.9. The minimum absolute atomic E-state index is 0.294. The number of hydrogen-bond donors (Lipinski definition) is 2. The van der Waals surface area contributed by atoms with E-state index in [1.54, 1.807) is 6.07 Å². The van der Waals surface area contributed by atoms with Gasteiger partial charge in [-0.1, -0.05) is 6.92 Å². The van der Waals surface area contributed by atoms with Crippen molar-refractivity contribution < 1.29 is 9.50 Å². The Morgan fingerprint density at radius 2 is 2.14 bits per heavy atom. The van der Waals surface area contributed by atoms with E-state index in [1.807, 2.05) is 0 Å². The summed E-state index contributed by atoms with van der Waals surface area (Å²) in [6, 6.07) is 4.87. The van der Waals surface area contributed by atoms with E-state index in [9.17, 15) is 4.39 Å². The third kappa shape index (κ3) is 1.81. The molecule has 0 radical (unpaired) electrons. The summed E-state index contributed by atoms with van der Waals surface area (Å²) in [7, 11) is 0. The Hall–Kier alpha value is -1.25. The number of anilines is 1. The first-order valence-corrected chi connectivity index (χ1v) is 4.90. The molecule has 0 atom stereocenters. The van der Waals surface area contributed by atoms with Crippen LogP contribution in [0.1, 0.15) is 19.8 Å². The number of phenolic OH excluding ortho intramolecular Hbond substituents is 1. The predicted octanol–water partition coefficient (Wildman–Crippen LogP) is 2.74. The molecule has 0 aromatic heterocycles. The summed E-state index contributed by atoms with van der Waals surface area (Å²) >= 11 is 0. The Bertz CT molecular complexity index is 334. The fourth-order valence-corrected chi connectivity index (χ4v) is 1.85. The molecule has 14 heavy (non-hydrogen) atoms. The maximum Gasteiger partial charge on any atom is 0.166 e. The van der Waals surface area contributed by atoms with Crippen LogP contribution in [-0.4, -0.2) is 11.1 Å². The van der Waals surface area contributed by atoms with Crippen LogP contribution in [0, 0.1) is 11.7 Å². The minimum Gasteiger partial charge on any atom is -0.505 e. The number of benzene rings is 1. The van der Waals surface area contributed by atoms with E-state index >= 15 is 0 Å². The normalized spacial score (nSPS) is 25.6. The van der Waals surface area contributed by atoms with E-state index in [0.29, 0.717) is 6.04 Å². The molecule has 0 spiro atoms. The van der Waals surface area contributed by atoms with Gasteiger partial charge in [0, 0.05) is 17.8 Å². The van der Waals surface area contributed by atoms with Crippen molar-refractivity contribution in [1.29, 1.82) is 0 Å². The second-order valence-electron chi connectivity index (χ2n) is 4.08. The molecule has 0 unspecified atom stereocenters. The molecule has 3 heteroatoms. The molecule has 0 bridgehead atoms. The predicted molar refractivity (Wildman–Crippen MR) is 53.9 cm³/mol. The first-order chi connectivity index (χ1) is 6.65. The Balaban J connectivity index is 2.00. The number of halogens is 1. The van der Waals surface area contributed by atoms with Crippen molar-refractivity contribution in [2.45, 2.75) is 25.8 Å². The molecular formula is C11H14FNO. The number of aromatic hydroxyl groups is 1. The first-order valence-electron chi connectivity index (χ1n) is 4.90. The van der Waals surface area contributed by atoms with Crippen LogP contribution >= 0.6 is 0 Å². The number of hydrogen-bond acceptors (Lipinski definition) is 2. The molecule has 1 aliphatic carbocycles. The zero-order valence-electron chi connectivity index (χ0n) is 8.13. The fraction of sp³-hybridized carbons (Fsp3) is 0.455. The minimum atomic E-state index is -0.567. The molecule has 2 N–H and O–H groups in total. The summed E-state index contributed by atoms with van der Waals surface area (Å²) in [6.07, 6.45) is 2.28. The lowest BCUT2D eigenvalue weighted by molar-refractivity contribution is 0.309. The van der Waals surface area contributed by atoms with Gasteiger partial charge in [0.1, 0.15) is 0 Å². The van der Waals surface area contributed by atoms with Crippen LogP contribution in [0.4, 0.5) is 10.1 Å². The molecule has 0 aliphatic heterocycles. The lowest BCUT2D eigenvalue weighted by atomic mass is 9.82. The van der Waals surface area contributed by atoms with Gasteiger partial charge < -0.3 is 10.4 Å². The molecule has 1 aromatic rings. The largest absolute Gasteiger partial charge is 0.505 e. The fourth-order valence-electron chi connectivity index (χ4n) is 1.85. The second-order valence-corrected chi connectivity index (χ2v) is 4.08. The Kier molecular flexibility index (Phi) is 2.32. The molecular weight excluding hydrogens is 181 g/mol.